The second-order valence-electron chi connectivity index (χ2n) is 13.3. The molecule has 3 fully saturated rings. The highest BCUT2D eigenvalue weighted by Crippen LogP contribution is 2.43. The molecule has 3 saturated carbocycles. The maximum atomic E-state index is 6.18. The smallest absolute Gasteiger partial charge is 0.0722 e. The monoisotopic (exact) mass is 522 g/mol. The maximum absolute atomic E-state index is 6.18. The molecule has 0 aliphatic heterocycles. The molecule has 3 nitrogen and oxygen atoms in total. The molecule has 3 aliphatic carbocycles. The summed E-state index contributed by atoms with van der Waals surface area (Å²) >= 11 is 0. The van der Waals surface area contributed by atoms with Crippen molar-refractivity contribution in [1.29, 1.82) is 0 Å². The van der Waals surface area contributed by atoms with E-state index < -0.39 is 0 Å². The van der Waals surface area contributed by atoms with E-state index >= 15 is 0 Å². The number of hydrogen-bond acceptors (Lipinski definition) is 3. The third-order valence-electron chi connectivity index (χ3n) is 10.3. The average molecular weight is 523 g/mol. The molecule has 1 aromatic rings. The Kier molecular flexibility index (Phi) is 12.4. The summed E-state index contributed by atoms with van der Waals surface area (Å²) in [6, 6.07) is 5.74. The van der Waals surface area contributed by atoms with Gasteiger partial charge in [-0.2, -0.15) is 0 Å². The fraction of sp³-hybridized carbons (Fsp3) is 0.771. The van der Waals surface area contributed by atoms with Crippen LogP contribution in [-0.2, 0) is 11.3 Å². The van der Waals surface area contributed by atoms with Crippen molar-refractivity contribution in [1.82, 2.24) is 0 Å². The van der Waals surface area contributed by atoms with Crippen molar-refractivity contribution in [2.75, 3.05) is 11.5 Å². The molecule has 38 heavy (non-hydrogen) atoms. The number of anilines is 2. The fourth-order valence-corrected chi connectivity index (χ4v) is 7.87. The highest BCUT2D eigenvalue weighted by atomic mass is 16.5. The molecule has 3 heteroatoms. The summed E-state index contributed by atoms with van der Waals surface area (Å²) in [5.41, 5.74) is 14.3. The molecule has 0 amide bonds. The van der Waals surface area contributed by atoms with E-state index in [2.05, 4.69) is 19.1 Å². The molecule has 4 N–H and O–H groups in total. The zero-order valence-corrected chi connectivity index (χ0v) is 24.6. The van der Waals surface area contributed by atoms with Crippen LogP contribution in [0.15, 0.2) is 30.4 Å². The second-order valence-corrected chi connectivity index (χ2v) is 13.3. The quantitative estimate of drug-likeness (QED) is 0.154. The Balaban J connectivity index is 1.03. The lowest BCUT2D eigenvalue weighted by molar-refractivity contribution is 0.0111. The first-order valence-electron chi connectivity index (χ1n) is 16.5. The van der Waals surface area contributed by atoms with Gasteiger partial charge in [-0.3, -0.25) is 0 Å². The van der Waals surface area contributed by atoms with Gasteiger partial charge in [-0.1, -0.05) is 76.9 Å². The standard InChI is InChI=1S/C35H58N2O/c1-2-3-4-5-8-27-11-17-31(18-12-27)32-19-13-28(14-20-32)9-6-7-10-29-15-21-35(22-16-29)38-26-30-23-33(36)25-34(37)24-30/h7,10,23-25,27-29,31-32,35H,2-6,8-9,11-22,26,36-37H2,1H3. The first-order chi connectivity index (χ1) is 18.6. The number of rotatable bonds is 13. The van der Waals surface area contributed by atoms with E-state index in [9.17, 15) is 0 Å². The summed E-state index contributed by atoms with van der Waals surface area (Å²) in [7, 11) is 0. The van der Waals surface area contributed by atoms with Gasteiger partial charge >= 0.3 is 0 Å². The Bertz CT molecular complexity index is 791. The predicted octanol–water partition coefficient (Wildman–Crippen LogP) is 9.85. The summed E-state index contributed by atoms with van der Waals surface area (Å²) in [4.78, 5) is 0. The van der Waals surface area contributed by atoms with E-state index in [1.54, 1.807) is 18.9 Å². The molecule has 0 radical (unpaired) electrons. The molecular weight excluding hydrogens is 464 g/mol. The third-order valence-corrected chi connectivity index (χ3v) is 10.3. The Morgan fingerprint density at radius 1 is 0.711 bits per heavy atom. The Morgan fingerprint density at radius 2 is 1.32 bits per heavy atom. The van der Waals surface area contributed by atoms with Crippen molar-refractivity contribution in [2.24, 2.45) is 29.6 Å². The average Bonchev–Trinajstić information content (AvgIpc) is 2.93. The lowest BCUT2D eigenvalue weighted by Gasteiger charge is -2.38. The van der Waals surface area contributed by atoms with Gasteiger partial charge in [0.05, 0.1) is 12.7 Å². The zero-order valence-electron chi connectivity index (χ0n) is 24.6. The van der Waals surface area contributed by atoms with Gasteiger partial charge in [-0.05, 0) is 118 Å². The number of allylic oxidation sites excluding steroid dienone is 2. The largest absolute Gasteiger partial charge is 0.399 e. The third kappa shape index (κ3) is 9.92. The number of nitrogens with two attached hydrogens (primary N) is 2. The molecule has 214 valence electrons. The predicted molar refractivity (Wildman–Crippen MR) is 164 cm³/mol. The van der Waals surface area contributed by atoms with Crippen molar-refractivity contribution in [3.05, 3.63) is 35.9 Å². The number of ether oxygens (including phenoxy) is 1. The van der Waals surface area contributed by atoms with E-state index in [-0.39, 0.29) is 0 Å². The molecule has 0 heterocycles. The van der Waals surface area contributed by atoms with Gasteiger partial charge in [0.2, 0.25) is 0 Å². The van der Waals surface area contributed by atoms with Crippen molar-refractivity contribution in [3.63, 3.8) is 0 Å². The van der Waals surface area contributed by atoms with Crippen LogP contribution in [0.4, 0.5) is 11.4 Å². The molecule has 1 aromatic carbocycles. The number of nitrogen functional groups attached to an aromatic ring is 2. The Morgan fingerprint density at radius 3 is 1.92 bits per heavy atom. The fourth-order valence-electron chi connectivity index (χ4n) is 7.87. The summed E-state index contributed by atoms with van der Waals surface area (Å²) in [6.07, 6.45) is 32.4. The van der Waals surface area contributed by atoms with Crippen LogP contribution in [0, 0.1) is 29.6 Å². The van der Waals surface area contributed by atoms with Crippen LogP contribution >= 0.6 is 0 Å². The summed E-state index contributed by atoms with van der Waals surface area (Å²) in [5, 5.41) is 0. The van der Waals surface area contributed by atoms with Crippen LogP contribution < -0.4 is 11.5 Å². The lowest BCUT2D eigenvalue weighted by Crippen LogP contribution is -2.25. The minimum absolute atomic E-state index is 0.373. The van der Waals surface area contributed by atoms with Crippen molar-refractivity contribution < 1.29 is 4.74 Å². The van der Waals surface area contributed by atoms with E-state index in [0.29, 0.717) is 12.7 Å². The maximum Gasteiger partial charge on any atom is 0.0722 e. The Hall–Kier alpha value is -1.48. The minimum atomic E-state index is 0.373. The van der Waals surface area contributed by atoms with Gasteiger partial charge in [0.25, 0.3) is 0 Å². The zero-order chi connectivity index (χ0) is 26.6. The van der Waals surface area contributed by atoms with Crippen molar-refractivity contribution in [3.8, 4) is 0 Å². The van der Waals surface area contributed by atoms with Crippen molar-refractivity contribution >= 4 is 11.4 Å². The Labute approximate surface area is 234 Å². The molecular formula is C35H58N2O. The minimum Gasteiger partial charge on any atom is -0.399 e. The second kappa shape index (κ2) is 15.9. The van der Waals surface area contributed by atoms with E-state index in [1.807, 2.05) is 12.1 Å². The van der Waals surface area contributed by atoms with Gasteiger partial charge in [0.1, 0.15) is 0 Å². The van der Waals surface area contributed by atoms with Gasteiger partial charge in [0, 0.05) is 11.4 Å². The lowest BCUT2D eigenvalue weighted by atomic mass is 9.68. The highest BCUT2D eigenvalue weighted by Gasteiger charge is 2.30. The van der Waals surface area contributed by atoms with Gasteiger partial charge in [-0.25, -0.2) is 0 Å². The van der Waals surface area contributed by atoms with Crippen LogP contribution in [0.5, 0.6) is 0 Å². The molecule has 3 aliphatic rings. The van der Waals surface area contributed by atoms with E-state index in [0.717, 1.165) is 59.4 Å². The van der Waals surface area contributed by atoms with Crippen LogP contribution in [0.25, 0.3) is 0 Å². The molecule has 0 unspecified atom stereocenters. The molecule has 0 spiro atoms. The van der Waals surface area contributed by atoms with Crippen LogP contribution in [0.3, 0.4) is 0 Å². The summed E-state index contributed by atoms with van der Waals surface area (Å²) in [5.74, 6) is 4.90. The van der Waals surface area contributed by atoms with E-state index in [4.69, 9.17) is 16.2 Å². The number of hydrogen-bond donors (Lipinski definition) is 2. The molecule has 0 bridgehead atoms. The molecule has 0 atom stereocenters. The van der Waals surface area contributed by atoms with Crippen LogP contribution in [0.2, 0.25) is 0 Å². The number of unbranched alkanes of at least 4 members (excludes halogenated alkanes) is 3. The van der Waals surface area contributed by atoms with Crippen molar-refractivity contribution in [2.45, 2.75) is 142 Å². The van der Waals surface area contributed by atoms with Crippen LogP contribution in [0.1, 0.15) is 134 Å². The van der Waals surface area contributed by atoms with Gasteiger partial charge in [0.15, 0.2) is 0 Å². The van der Waals surface area contributed by atoms with E-state index in [1.165, 1.54) is 96.3 Å². The SMILES string of the molecule is CCCCCCC1CCC(C2CCC(CCC=CC3CCC(OCc4cc(N)cc(N)c4)CC3)CC2)CC1. The van der Waals surface area contributed by atoms with Gasteiger partial charge in [-0.15, -0.1) is 0 Å². The van der Waals surface area contributed by atoms with Crippen LogP contribution in [-0.4, -0.2) is 6.10 Å². The molecule has 4 rings (SSSR count). The molecule has 0 saturated heterocycles. The first kappa shape index (κ1) is 29.5. The summed E-state index contributed by atoms with van der Waals surface area (Å²) in [6.45, 7) is 2.94. The normalized spacial score (nSPS) is 30.6. The first-order valence-corrected chi connectivity index (χ1v) is 16.5. The highest BCUT2D eigenvalue weighted by molar-refractivity contribution is 5.54. The summed E-state index contributed by atoms with van der Waals surface area (Å²) < 4.78 is 6.18. The number of benzene rings is 1. The molecule has 0 aromatic heterocycles. The van der Waals surface area contributed by atoms with Gasteiger partial charge < -0.3 is 16.2 Å². The topological polar surface area (TPSA) is 61.3 Å².